The van der Waals surface area contributed by atoms with Gasteiger partial charge in [0, 0.05) is 12.0 Å². The van der Waals surface area contributed by atoms with Crippen LogP contribution in [0.2, 0.25) is 0 Å². The van der Waals surface area contributed by atoms with Gasteiger partial charge in [-0.15, -0.1) is 0 Å². The second kappa shape index (κ2) is 4.87. The Kier molecular flexibility index (Phi) is 3.77. The van der Waals surface area contributed by atoms with E-state index in [1.165, 1.54) is 0 Å². The summed E-state index contributed by atoms with van der Waals surface area (Å²) >= 11 is 0. The molecule has 82 valence electrons. The van der Waals surface area contributed by atoms with Crippen molar-refractivity contribution in [2.45, 2.75) is 20.3 Å². The molecule has 1 amide bonds. The molecule has 1 atom stereocenters. The van der Waals surface area contributed by atoms with Crippen molar-refractivity contribution in [1.82, 2.24) is 0 Å². The zero-order valence-electron chi connectivity index (χ0n) is 8.68. The normalized spacial score (nSPS) is 12.3. The van der Waals surface area contributed by atoms with E-state index >= 15 is 0 Å². The molecule has 1 rings (SSSR count). The number of anilines is 1. The number of rotatable bonds is 3. The van der Waals surface area contributed by atoms with E-state index in [2.05, 4.69) is 5.32 Å². The molecule has 1 aromatic rings. The molecular weight excluding hydrogens is 200 g/mol. The fourth-order valence-corrected chi connectivity index (χ4v) is 1.03. The standard InChI is InChI=1S/C11H13F2NO/c1-3-7(2)11(15)14-10-6-8(12)4-5-9(10)13/h4-7H,3H2,1-2H3,(H,14,15). The van der Waals surface area contributed by atoms with Crippen molar-refractivity contribution in [3.8, 4) is 0 Å². The number of benzene rings is 1. The smallest absolute Gasteiger partial charge is 0.227 e. The molecule has 0 aliphatic carbocycles. The summed E-state index contributed by atoms with van der Waals surface area (Å²) < 4.78 is 25.9. The Bertz CT molecular complexity index is 366. The van der Waals surface area contributed by atoms with Gasteiger partial charge in [0.1, 0.15) is 11.6 Å². The predicted octanol–water partition coefficient (Wildman–Crippen LogP) is 2.95. The van der Waals surface area contributed by atoms with Crippen molar-refractivity contribution in [2.24, 2.45) is 5.92 Å². The molecule has 15 heavy (non-hydrogen) atoms. The highest BCUT2D eigenvalue weighted by atomic mass is 19.1. The first kappa shape index (κ1) is 11.6. The van der Waals surface area contributed by atoms with Gasteiger partial charge in [-0.25, -0.2) is 8.78 Å². The third kappa shape index (κ3) is 3.01. The summed E-state index contributed by atoms with van der Waals surface area (Å²) in [4.78, 5) is 11.4. The van der Waals surface area contributed by atoms with Crippen LogP contribution in [0.25, 0.3) is 0 Å². The van der Waals surface area contributed by atoms with Crippen molar-refractivity contribution in [1.29, 1.82) is 0 Å². The molecule has 0 spiro atoms. The van der Waals surface area contributed by atoms with Gasteiger partial charge in [0.25, 0.3) is 0 Å². The Balaban J connectivity index is 2.80. The highest BCUT2D eigenvalue weighted by Gasteiger charge is 2.13. The average Bonchev–Trinajstić information content (AvgIpc) is 2.22. The number of carbonyl (C=O) groups excluding carboxylic acids is 1. The monoisotopic (exact) mass is 213 g/mol. The van der Waals surface area contributed by atoms with Crippen molar-refractivity contribution < 1.29 is 13.6 Å². The molecule has 0 aliphatic heterocycles. The molecule has 0 fully saturated rings. The average molecular weight is 213 g/mol. The summed E-state index contributed by atoms with van der Waals surface area (Å²) in [5, 5.41) is 2.35. The topological polar surface area (TPSA) is 29.1 Å². The van der Waals surface area contributed by atoms with E-state index in [1.807, 2.05) is 6.92 Å². The number of amides is 1. The maximum Gasteiger partial charge on any atom is 0.227 e. The largest absolute Gasteiger partial charge is 0.323 e. The molecule has 1 unspecified atom stereocenters. The minimum absolute atomic E-state index is 0.111. The van der Waals surface area contributed by atoms with E-state index in [-0.39, 0.29) is 17.5 Å². The minimum atomic E-state index is -0.631. The zero-order chi connectivity index (χ0) is 11.4. The van der Waals surface area contributed by atoms with Crippen molar-refractivity contribution in [3.63, 3.8) is 0 Å². The SMILES string of the molecule is CCC(C)C(=O)Nc1cc(F)ccc1F. The molecule has 0 heterocycles. The summed E-state index contributed by atoms with van der Waals surface area (Å²) in [6, 6.07) is 2.96. The van der Waals surface area contributed by atoms with Gasteiger partial charge in [0.15, 0.2) is 0 Å². The minimum Gasteiger partial charge on any atom is -0.323 e. The first-order chi connectivity index (χ1) is 7.04. The van der Waals surface area contributed by atoms with Crippen LogP contribution in [0.15, 0.2) is 18.2 Å². The van der Waals surface area contributed by atoms with E-state index < -0.39 is 11.6 Å². The summed E-state index contributed by atoms with van der Waals surface area (Å²) in [7, 11) is 0. The molecule has 0 radical (unpaired) electrons. The molecule has 1 aromatic carbocycles. The Morgan fingerprint density at radius 3 is 2.73 bits per heavy atom. The molecule has 0 bridgehead atoms. The van der Waals surface area contributed by atoms with Gasteiger partial charge in [0.05, 0.1) is 5.69 Å². The van der Waals surface area contributed by atoms with Gasteiger partial charge < -0.3 is 5.32 Å². The number of halogens is 2. The lowest BCUT2D eigenvalue weighted by Crippen LogP contribution is -2.20. The van der Waals surface area contributed by atoms with Crippen molar-refractivity contribution in [3.05, 3.63) is 29.8 Å². The van der Waals surface area contributed by atoms with Gasteiger partial charge >= 0.3 is 0 Å². The van der Waals surface area contributed by atoms with Crippen LogP contribution in [-0.4, -0.2) is 5.91 Å². The fraction of sp³-hybridized carbons (Fsp3) is 0.364. The van der Waals surface area contributed by atoms with Gasteiger partial charge in [-0.05, 0) is 18.6 Å². The molecule has 0 saturated heterocycles. The maximum atomic E-state index is 13.1. The summed E-state index contributed by atoms with van der Waals surface area (Å²) in [6.45, 7) is 3.58. The van der Waals surface area contributed by atoms with Crippen LogP contribution in [0.3, 0.4) is 0 Å². The number of nitrogens with one attached hydrogen (secondary N) is 1. The third-order valence-corrected chi connectivity index (χ3v) is 2.25. The van der Waals surface area contributed by atoms with E-state index in [0.717, 1.165) is 18.2 Å². The van der Waals surface area contributed by atoms with E-state index in [4.69, 9.17) is 0 Å². The van der Waals surface area contributed by atoms with Crippen LogP contribution in [-0.2, 0) is 4.79 Å². The summed E-state index contributed by atoms with van der Waals surface area (Å²) in [6.07, 6.45) is 0.656. The third-order valence-electron chi connectivity index (χ3n) is 2.25. The zero-order valence-corrected chi connectivity index (χ0v) is 8.68. The van der Waals surface area contributed by atoms with Gasteiger partial charge in [-0.2, -0.15) is 0 Å². The van der Waals surface area contributed by atoms with E-state index in [1.54, 1.807) is 6.92 Å². The lowest BCUT2D eigenvalue weighted by atomic mass is 10.1. The second-order valence-corrected chi connectivity index (χ2v) is 3.42. The Morgan fingerprint density at radius 1 is 1.47 bits per heavy atom. The van der Waals surface area contributed by atoms with E-state index in [9.17, 15) is 13.6 Å². The maximum absolute atomic E-state index is 13.1. The van der Waals surface area contributed by atoms with Crippen LogP contribution >= 0.6 is 0 Å². The Morgan fingerprint density at radius 2 is 2.13 bits per heavy atom. The van der Waals surface area contributed by atoms with Crippen LogP contribution in [0.5, 0.6) is 0 Å². The van der Waals surface area contributed by atoms with Gasteiger partial charge in [0.2, 0.25) is 5.91 Å². The lowest BCUT2D eigenvalue weighted by Gasteiger charge is -2.10. The highest BCUT2D eigenvalue weighted by molar-refractivity contribution is 5.92. The quantitative estimate of drug-likeness (QED) is 0.821. The van der Waals surface area contributed by atoms with Gasteiger partial charge in [-0.3, -0.25) is 4.79 Å². The van der Waals surface area contributed by atoms with E-state index in [0.29, 0.717) is 6.42 Å². The van der Waals surface area contributed by atoms with Crippen LogP contribution in [0.1, 0.15) is 20.3 Å². The molecule has 1 N–H and O–H groups in total. The van der Waals surface area contributed by atoms with Crippen LogP contribution in [0, 0.1) is 17.6 Å². The molecule has 0 aliphatic rings. The Hall–Kier alpha value is -1.45. The molecular formula is C11H13F2NO. The molecule has 0 aromatic heterocycles. The summed E-state index contributed by atoms with van der Waals surface area (Å²) in [5.41, 5.74) is -0.111. The number of hydrogen-bond acceptors (Lipinski definition) is 1. The lowest BCUT2D eigenvalue weighted by molar-refractivity contribution is -0.119. The molecule has 4 heteroatoms. The molecule has 0 saturated carbocycles. The number of hydrogen-bond donors (Lipinski definition) is 1. The summed E-state index contributed by atoms with van der Waals surface area (Å²) in [5.74, 6) is -1.72. The van der Waals surface area contributed by atoms with Crippen molar-refractivity contribution in [2.75, 3.05) is 5.32 Å². The van der Waals surface area contributed by atoms with Crippen LogP contribution in [0.4, 0.5) is 14.5 Å². The second-order valence-electron chi connectivity index (χ2n) is 3.42. The Labute approximate surface area is 87.3 Å². The predicted molar refractivity (Wildman–Crippen MR) is 54.4 cm³/mol. The highest BCUT2D eigenvalue weighted by Crippen LogP contribution is 2.16. The van der Waals surface area contributed by atoms with Crippen molar-refractivity contribution >= 4 is 11.6 Å². The van der Waals surface area contributed by atoms with Gasteiger partial charge in [-0.1, -0.05) is 13.8 Å². The number of carbonyl (C=O) groups is 1. The fourth-order valence-electron chi connectivity index (χ4n) is 1.03. The van der Waals surface area contributed by atoms with Crippen LogP contribution < -0.4 is 5.32 Å². The first-order valence-electron chi connectivity index (χ1n) is 4.80. The molecule has 2 nitrogen and oxygen atoms in total. The first-order valence-corrected chi connectivity index (χ1v) is 4.80.